The van der Waals surface area contributed by atoms with Gasteiger partial charge in [0, 0.05) is 0 Å². The van der Waals surface area contributed by atoms with Crippen LogP contribution < -0.4 is 0 Å². The molecular formula is C7H9NO2. The molecule has 0 aliphatic carbocycles. The molecule has 1 aromatic heterocycles. The van der Waals surface area contributed by atoms with E-state index in [9.17, 15) is 0 Å². The molecule has 0 radical (unpaired) electrons. The van der Waals surface area contributed by atoms with Crippen LogP contribution in [0.4, 0.5) is 0 Å². The zero-order valence-corrected chi connectivity index (χ0v) is 5.78. The molecule has 1 aromatic rings. The van der Waals surface area contributed by atoms with Gasteiger partial charge >= 0.3 is 0 Å². The van der Waals surface area contributed by atoms with E-state index in [1.807, 2.05) is 13.0 Å². The van der Waals surface area contributed by atoms with Crippen molar-refractivity contribution in [2.24, 2.45) is 5.16 Å². The van der Waals surface area contributed by atoms with Gasteiger partial charge in [0.2, 0.25) is 0 Å². The highest BCUT2D eigenvalue weighted by atomic mass is 16.6. The fraction of sp³-hybridized carbons (Fsp3) is 0.286. The average Bonchev–Trinajstić information content (AvgIpc) is 2.41. The van der Waals surface area contributed by atoms with Crippen molar-refractivity contribution in [3.63, 3.8) is 0 Å². The Kier molecular flexibility index (Phi) is 2.55. The van der Waals surface area contributed by atoms with Crippen molar-refractivity contribution in [2.75, 3.05) is 6.61 Å². The number of nitrogens with zero attached hydrogens (tertiary/aromatic N) is 1. The van der Waals surface area contributed by atoms with Crippen LogP contribution in [0.2, 0.25) is 0 Å². The van der Waals surface area contributed by atoms with Crippen LogP contribution in [0.15, 0.2) is 28.0 Å². The van der Waals surface area contributed by atoms with Gasteiger partial charge in [-0.05, 0) is 19.1 Å². The fourth-order valence-electron chi connectivity index (χ4n) is 0.528. The van der Waals surface area contributed by atoms with Crippen LogP contribution in [-0.2, 0) is 4.84 Å². The van der Waals surface area contributed by atoms with Crippen molar-refractivity contribution >= 4 is 6.21 Å². The first-order valence-corrected chi connectivity index (χ1v) is 3.12. The van der Waals surface area contributed by atoms with Crippen LogP contribution in [0, 0.1) is 0 Å². The van der Waals surface area contributed by atoms with E-state index in [1.54, 1.807) is 12.3 Å². The summed E-state index contributed by atoms with van der Waals surface area (Å²) in [5.41, 5.74) is 0. The molecule has 0 bridgehead atoms. The topological polar surface area (TPSA) is 34.7 Å². The fourth-order valence-corrected chi connectivity index (χ4v) is 0.528. The van der Waals surface area contributed by atoms with Crippen molar-refractivity contribution in [3.8, 4) is 0 Å². The maximum Gasteiger partial charge on any atom is 0.148 e. The lowest BCUT2D eigenvalue weighted by atomic mass is 10.5. The lowest BCUT2D eigenvalue weighted by Gasteiger charge is -1.87. The molecule has 3 heteroatoms. The van der Waals surface area contributed by atoms with E-state index < -0.39 is 0 Å². The molecule has 0 aliphatic rings. The Bertz CT molecular complexity index is 191. The van der Waals surface area contributed by atoms with Crippen molar-refractivity contribution in [1.29, 1.82) is 0 Å². The van der Waals surface area contributed by atoms with Crippen LogP contribution in [0.3, 0.4) is 0 Å². The third-order valence-electron chi connectivity index (χ3n) is 0.927. The van der Waals surface area contributed by atoms with Crippen molar-refractivity contribution in [1.82, 2.24) is 0 Å². The third-order valence-corrected chi connectivity index (χ3v) is 0.927. The molecule has 10 heavy (non-hydrogen) atoms. The Morgan fingerprint density at radius 1 is 1.80 bits per heavy atom. The molecule has 0 N–H and O–H groups in total. The van der Waals surface area contributed by atoms with E-state index in [0.717, 1.165) is 0 Å². The van der Waals surface area contributed by atoms with E-state index >= 15 is 0 Å². The average molecular weight is 139 g/mol. The lowest BCUT2D eigenvalue weighted by Crippen LogP contribution is -1.80. The Balaban J connectivity index is 2.40. The molecule has 0 saturated carbocycles. The van der Waals surface area contributed by atoms with Gasteiger partial charge in [0.1, 0.15) is 18.6 Å². The molecule has 0 fully saturated rings. The predicted molar refractivity (Wildman–Crippen MR) is 37.9 cm³/mol. The minimum atomic E-state index is 0.581. The number of rotatable bonds is 3. The van der Waals surface area contributed by atoms with Gasteiger partial charge in [-0.1, -0.05) is 5.16 Å². The molecule has 1 heterocycles. The third kappa shape index (κ3) is 1.93. The van der Waals surface area contributed by atoms with Gasteiger partial charge in [0.15, 0.2) is 0 Å². The SMILES string of the molecule is CCO/N=C/c1ccco1. The highest BCUT2D eigenvalue weighted by Crippen LogP contribution is 1.94. The minimum absolute atomic E-state index is 0.581. The van der Waals surface area contributed by atoms with E-state index in [1.165, 1.54) is 6.21 Å². The summed E-state index contributed by atoms with van der Waals surface area (Å²) >= 11 is 0. The van der Waals surface area contributed by atoms with E-state index in [0.29, 0.717) is 12.4 Å². The second-order valence-electron chi connectivity index (χ2n) is 1.67. The highest BCUT2D eigenvalue weighted by molar-refractivity contribution is 5.74. The molecule has 0 aliphatic heterocycles. The summed E-state index contributed by atoms with van der Waals surface area (Å²) in [6, 6.07) is 3.61. The minimum Gasteiger partial charge on any atom is -0.463 e. The molecule has 0 unspecified atom stereocenters. The van der Waals surface area contributed by atoms with Crippen LogP contribution >= 0.6 is 0 Å². The molecule has 1 rings (SSSR count). The van der Waals surface area contributed by atoms with E-state index in [2.05, 4.69) is 5.16 Å². The number of hydrogen-bond acceptors (Lipinski definition) is 3. The first-order valence-electron chi connectivity index (χ1n) is 3.12. The number of hydrogen-bond donors (Lipinski definition) is 0. The van der Waals surface area contributed by atoms with Crippen molar-refractivity contribution in [2.45, 2.75) is 6.92 Å². The maximum absolute atomic E-state index is 4.95. The lowest BCUT2D eigenvalue weighted by molar-refractivity contribution is 0.160. The van der Waals surface area contributed by atoms with Crippen LogP contribution in [0.5, 0.6) is 0 Å². The molecule has 0 atom stereocenters. The standard InChI is InChI=1S/C7H9NO2/c1-2-10-8-6-7-4-3-5-9-7/h3-6H,2H2,1H3/b8-6+. The zero-order chi connectivity index (χ0) is 7.23. The molecule has 0 amide bonds. The first-order chi connectivity index (χ1) is 4.93. The van der Waals surface area contributed by atoms with Crippen LogP contribution in [-0.4, -0.2) is 12.8 Å². The normalized spacial score (nSPS) is 10.5. The molecule has 0 saturated heterocycles. The molecule has 0 aromatic carbocycles. The van der Waals surface area contributed by atoms with Gasteiger partial charge in [0.05, 0.1) is 6.26 Å². The van der Waals surface area contributed by atoms with Crippen molar-refractivity contribution < 1.29 is 9.25 Å². The number of furan rings is 1. The zero-order valence-electron chi connectivity index (χ0n) is 5.78. The van der Waals surface area contributed by atoms with E-state index in [-0.39, 0.29) is 0 Å². The predicted octanol–water partition coefficient (Wildman–Crippen LogP) is 1.65. The Morgan fingerprint density at radius 2 is 2.70 bits per heavy atom. The van der Waals surface area contributed by atoms with Crippen LogP contribution in [0.25, 0.3) is 0 Å². The summed E-state index contributed by atoms with van der Waals surface area (Å²) in [4.78, 5) is 4.72. The van der Waals surface area contributed by atoms with Gasteiger partial charge in [-0.25, -0.2) is 0 Å². The van der Waals surface area contributed by atoms with Gasteiger partial charge in [-0.2, -0.15) is 0 Å². The Labute approximate surface area is 59.3 Å². The largest absolute Gasteiger partial charge is 0.463 e. The monoisotopic (exact) mass is 139 g/mol. The molecular weight excluding hydrogens is 130 g/mol. The number of oxime groups is 1. The summed E-state index contributed by atoms with van der Waals surface area (Å²) in [7, 11) is 0. The maximum atomic E-state index is 4.95. The first kappa shape index (κ1) is 6.86. The Morgan fingerprint density at radius 3 is 3.30 bits per heavy atom. The summed E-state index contributed by atoms with van der Waals surface area (Å²) in [5.74, 6) is 0.702. The van der Waals surface area contributed by atoms with Gasteiger partial charge < -0.3 is 9.25 Å². The Hall–Kier alpha value is -1.25. The summed E-state index contributed by atoms with van der Waals surface area (Å²) in [6.45, 7) is 2.46. The second-order valence-corrected chi connectivity index (χ2v) is 1.67. The van der Waals surface area contributed by atoms with Crippen molar-refractivity contribution in [3.05, 3.63) is 24.2 Å². The van der Waals surface area contributed by atoms with Gasteiger partial charge in [-0.3, -0.25) is 0 Å². The summed E-state index contributed by atoms with van der Waals surface area (Å²) in [5, 5.41) is 3.61. The van der Waals surface area contributed by atoms with E-state index in [4.69, 9.17) is 9.25 Å². The smallest absolute Gasteiger partial charge is 0.148 e. The quantitative estimate of drug-likeness (QED) is 0.471. The van der Waals surface area contributed by atoms with Crippen LogP contribution in [0.1, 0.15) is 12.7 Å². The summed E-state index contributed by atoms with van der Waals surface area (Å²) in [6.07, 6.45) is 3.12. The highest BCUT2D eigenvalue weighted by Gasteiger charge is 1.86. The molecule has 0 spiro atoms. The van der Waals surface area contributed by atoms with Gasteiger partial charge in [-0.15, -0.1) is 0 Å². The second kappa shape index (κ2) is 3.71. The molecule has 3 nitrogen and oxygen atoms in total. The summed E-state index contributed by atoms with van der Waals surface area (Å²) < 4.78 is 4.95. The molecule has 54 valence electrons. The van der Waals surface area contributed by atoms with Gasteiger partial charge in [0.25, 0.3) is 0 Å².